The molecule has 0 bridgehead atoms. The zero-order valence-corrected chi connectivity index (χ0v) is 16.2. The van der Waals surface area contributed by atoms with Crippen molar-refractivity contribution in [3.63, 3.8) is 0 Å². The van der Waals surface area contributed by atoms with Gasteiger partial charge in [0.15, 0.2) is 5.96 Å². The third kappa shape index (κ3) is 6.27. The maximum absolute atomic E-state index is 10.5. The van der Waals surface area contributed by atoms with Gasteiger partial charge in [0.25, 0.3) is 0 Å². The average molecular weight is 437 g/mol. The highest BCUT2D eigenvalue weighted by atomic mass is 127. The fourth-order valence-electron chi connectivity index (χ4n) is 2.78. The predicted molar refractivity (Wildman–Crippen MR) is 101 cm³/mol. The topological polar surface area (TPSA) is 94.7 Å². The van der Waals surface area contributed by atoms with Crippen LogP contribution < -0.4 is 10.6 Å². The molecule has 1 fully saturated rings. The largest absolute Gasteiger partial charge is 0.388 e. The van der Waals surface area contributed by atoms with E-state index in [1.54, 1.807) is 24.1 Å². The zero-order valence-electron chi connectivity index (χ0n) is 13.8. The minimum Gasteiger partial charge on any atom is -0.388 e. The minimum atomic E-state index is -0.648. The molecule has 1 aromatic heterocycles. The molecule has 8 heteroatoms. The normalized spacial score (nSPS) is 18.9. The molecule has 0 radical (unpaired) electrons. The number of aliphatic imine (C=N–C) groups is 1. The summed E-state index contributed by atoms with van der Waals surface area (Å²) in [5.41, 5.74) is 0.119. The van der Waals surface area contributed by atoms with Gasteiger partial charge in [0.2, 0.25) is 0 Å². The van der Waals surface area contributed by atoms with Crippen LogP contribution in [-0.4, -0.2) is 51.7 Å². The molecule has 2 rings (SSSR count). The SMILES string of the molecule is CN=C(NCC(O)c1cnn(C)c1)NCC1(O)CCCCC1.I. The Morgan fingerprint density at radius 1 is 1.39 bits per heavy atom. The highest BCUT2D eigenvalue weighted by Crippen LogP contribution is 2.27. The van der Waals surface area contributed by atoms with Crippen molar-refractivity contribution in [3.8, 4) is 0 Å². The molecule has 1 saturated carbocycles. The monoisotopic (exact) mass is 437 g/mol. The smallest absolute Gasteiger partial charge is 0.191 e. The molecule has 23 heavy (non-hydrogen) atoms. The summed E-state index contributed by atoms with van der Waals surface area (Å²) in [5.74, 6) is 0.585. The second kappa shape index (κ2) is 9.43. The van der Waals surface area contributed by atoms with E-state index in [1.165, 1.54) is 6.42 Å². The van der Waals surface area contributed by atoms with Gasteiger partial charge in [0.05, 0.1) is 17.9 Å². The fraction of sp³-hybridized carbons (Fsp3) is 0.733. The summed E-state index contributed by atoms with van der Waals surface area (Å²) < 4.78 is 1.66. The predicted octanol–water partition coefficient (Wildman–Crippen LogP) is 0.932. The second-order valence-electron chi connectivity index (χ2n) is 6.05. The molecule has 0 amide bonds. The highest BCUT2D eigenvalue weighted by molar-refractivity contribution is 14.0. The van der Waals surface area contributed by atoms with Crippen LogP contribution in [0.4, 0.5) is 0 Å². The third-order valence-electron chi connectivity index (χ3n) is 4.17. The lowest BCUT2D eigenvalue weighted by atomic mass is 9.85. The second-order valence-corrected chi connectivity index (χ2v) is 6.05. The first-order chi connectivity index (χ1) is 10.5. The number of rotatable bonds is 5. The Bertz CT molecular complexity index is 500. The molecule has 1 aliphatic rings. The Morgan fingerprint density at radius 2 is 2.09 bits per heavy atom. The van der Waals surface area contributed by atoms with Crippen molar-refractivity contribution in [1.29, 1.82) is 0 Å². The van der Waals surface area contributed by atoms with Crippen molar-refractivity contribution in [2.45, 2.75) is 43.8 Å². The zero-order chi connectivity index (χ0) is 16.0. The van der Waals surface area contributed by atoms with E-state index in [-0.39, 0.29) is 24.0 Å². The van der Waals surface area contributed by atoms with Gasteiger partial charge in [0.1, 0.15) is 0 Å². The van der Waals surface area contributed by atoms with Gasteiger partial charge in [-0.2, -0.15) is 5.10 Å². The summed E-state index contributed by atoms with van der Waals surface area (Å²) in [4.78, 5) is 4.13. The maximum Gasteiger partial charge on any atom is 0.191 e. The van der Waals surface area contributed by atoms with E-state index in [1.807, 2.05) is 7.05 Å². The molecule has 1 heterocycles. The van der Waals surface area contributed by atoms with Gasteiger partial charge in [-0.15, -0.1) is 24.0 Å². The number of hydrogen-bond acceptors (Lipinski definition) is 4. The van der Waals surface area contributed by atoms with E-state index in [0.717, 1.165) is 31.2 Å². The summed E-state index contributed by atoms with van der Waals surface area (Å²) >= 11 is 0. The molecule has 1 aromatic rings. The van der Waals surface area contributed by atoms with Gasteiger partial charge in [-0.3, -0.25) is 9.67 Å². The molecule has 1 aliphatic carbocycles. The number of aliphatic hydroxyl groups excluding tert-OH is 1. The summed E-state index contributed by atoms with van der Waals surface area (Å²) in [7, 11) is 3.49. The van der Waals surface area contributed by atoms with Crippen LogP contribution in [-0.2, 0) is 7.05 Å². The number of halogens is 1. The molecule has 0 spiro atoms. The van der Waals surface area contributed by atoms with Gasteiger partial charge in [-0.05, 0) is 12.8 Å². The molecular formula is C15H28IN5O2. The quantitative estimate of drug-likeness (QED) is 0.313. The number of nitrogens with zero attached hydrogens (tertiary/aromatic N) is 3. The van der Waals surface area contributed by atoms with Crippen molar-refractivity contribution in [3.05, 3.63) is 18.0 Å². The first kappa shape index (κ1) is 20.2. The lowest BCUT2D eigenvalue weighted by Crippen LogP contribution is -2.48. The number of aryl methyl sites for hydroxylation is 1. The van der Waals surface area contributed by atoms with Gasteiger partial charge in [-0.1, -0.05) is 19.3 Å². The number of hydrogen-bond donors (Lipinski definition) is 4. The molecule has 7 nitrogen and oxygen atoms in total. The van der Waals surface area contributed by atoms with E-state index >= 15 is 0 Å². The first-order valence-electron chi connectivity index (χ1n) is 7.86. The maximum atomic E-state index is 10.5. The van der Waals surface area contributed by atoms with E-state index in [9.17, 15) is 10.2 Å². The molecule has 1 atom stereocenters. The van der Waals surface area contributed by atoms with Crippen molar-refractivity contribution in [1.82, 2.24) is 20.4 Å². The Kier molecular flexibility index (Phi) is 8.27. The fourth-order valence-corrected chi connectivity index (χ4v) is 2.78. The van der Waals surface area contributed by atoms with E-state index in [4.69, 9.17) is 0 Å². The lowest BCUT2D eigenvalue weighted by molar-refractivity contribution is 0.00856. The van der Waals surface area contributed by atoms with Crippen LogP contribution in [0, 0.1) is 0 Å². The van der Waals surface area contributed by atoms with Crippen LogP contribution in [0.25, 0.3) is 0 Å². The molecule has 132 valence electrons. The van der Waals surface area contributed by atoms with Crippen LogP contribution in [0.2, 0.25) is 0 Å². The lowest BCUT2D eigenvalue weighted by Gasteiger charge is -2.32. The standard InChI is InChI=1S/C15H27N5O2.HI/c1-16-14(18-11-15(22)6-4-3-5-7-15)17-9-13(21)12-8-19-20(2)10-12;/h8,10,13,21-22H,3-7,9,11H2,1-2H3,(H2,16,17,18);1H. The van der Waals surface area contributed by atoms with Crippen LogP contribution in [0.5, 0.6) is 0 Å². The van der Waals surface area contributed by atoms with E-state index in [0.29, 0.717) is 19.0 Å². The van der Waals surface area contributed by atoms with E-state index < -0.39 is 11.7 Å². The van der Waals surface area contributed by atoms with Crippen molar-refractivity contribution in [2.75, 3.05) is 20.1 Å². The van der Waals surface area contributed by atoms with Crippen molar-refractivity contribution in [2.24, 2.45) is 12.0 Å². The van der Waals surface area contributed by atoms with Crippen LogP contribution in [0.15, 0.2) is 17.4 Å². The summed E-state index contributed by atoms with van der Waals surface area (Å²) in [6.07, 6.45) is 7.79. The Hall–Kier alpha value is -0.870. The Morgan fingerprint density at radius 3 is 2.65 bits per heavy atom. The highest BCUT2D eigenvalue weighted by Gasteiger charge is 2.29. The third-order valence-corrected chi connectivity index (χ3v) is 4.17. The summed E-state index contributed by atoms with van der Waals surface area (Å²) in [5, 5.41) is 30.8. The summed E-state index contributed by atoms with van der Waals surface area (Å²) in [6, 6.07) is 0. The molecule has 4 N–H and O–H groups in total. The first-order valence-corrected chi connectivity index (χ1v) is 7.86. The van der Waals surface area contributed by atoms with Crippen molar-refractivity contribution < 1.29 is 10.2 Å². The van der Waals surface area contributed by atoms with Crippen molar-refractivity contribution >= 4 is 29.9 Å². The Labute approximate surface area is 154 Å². The average Bonchev–Trinajstić information content (AvgIpc) is 2.94. The minimum absolute atomic E-state index is 0. The molecular weight excluding hydrogens is 409 g/mol. The van der Waals surface area contributed by atoms with E-state index in [2.05, 4.69) is 20.7 Å². The van der Waals surface area contributed by atoms with Gasteiger partial charge < -0.3 is 20.8 Å². The van der Waals surface area contributed by atoms with Crippen LogP contribution >= 0.6 is 24.0 Å². The van der Waals surface area contributed by atoms with Gasteiger partial charge >= 0.3 is 0 Å². The summed E-state index contributed by atoms with van der Waals surface area (Å²) in [6.45, 7) is 0.819. The number of aliphatic hydroxyl groups is 2. The number of aromatic nitrogens is 2. The Balaban J connectivity index is 0.00000264. The molecule has 0 aliphatic heterocycles. The van der Waals surface area contributed by atoms with Gasteiger partial charge in [0, 0.05) is 38.9 Å². The van der Waals surface area contributed by atoms with Gasteiger partial charge in [-0.25, -0.2) is 0 Å². The number of guanidine groups is 1. The van der Waals surface area contributed by atoms with Crippen LogP contribution in [0.1, 0.15) is 43.8 Å². The molecule has 0 aromatic carbocycles. The molecule has 0 saturated heterocycles. The molecule has 1 unspecified atom stereocenters. The van der Waals surface area contributed by atoms with Crippen LogP contribution in [0.3, 0.4) is 0 Å². The number of nitrogens with one attached hydrogen (secondary N) is 2.